The molecule has 3 amide bonds. The Labute approximate surface area is 179 Å². The van der Waals surface area contributed by atoms with Gasteiger partial charge in [-0.15, -0.1) is 0 Å². The summed E-state index contributed by atoms with van der Waals surface area (Å²) in [5.74, 6) is 0.178. The summed E-state index contributed by atoms with van der Waals surface area (Å²) in [5.41, 5.74) is 8.78. The molecule has 0 unspecified atom stereocenters. The number of aromatic nitrogens is 3. The smallest absolute Gasteiger partial charge is 0.325 e. The zero-order chi connectivity index (χ0) is 21.8. The van der Waals surface area contributed by atoms with Gasteiger partial charge >= 0.3 is 6.03 Å². The highest BCUT2D eigenvalue weighted by molar-refractivity contribution is 6.04. The molecule has 158 valence electrons. The number of imide groups is 1. The van der Waals surface area contributed by atoms with Crippen molar-refractivity contribution < 1.29 is 9.59 Å². The fourth-order valence-corrected chi connectivity index (χ4v) is 3.49. The molecule has 1 aliphatic rings. The molecule has 4 rings (SSSR count). The van der Waals surface area contributed by atoms with Gasteiger partial charge in [-0.2, -0.15) is 15.0 Å². The van der Waals surface area contributed by atoms with Crippen LogP contribution in [0.15, 0.2) is 54.6 Å². The molecule has 1 aromatic heterocycles. The Hall–Kier alpha value is -4.01. The number of nitrogens with one attached hydrogen (secondary N) is 2. The van der Waals surface area contributed by atoms with E-state index in [1.54, 1.807) is 0 Å². The minimum absolute atomic E-state index is 0.00868. The molecular formula is C22H23N7O2. The van der Waals surface area contributed by atoms with Gasteiger partial charge in [0.15, 0.2) is 5.82 Å². The molecule has 9 nitrogen and oxygen atoms in total. The molecule has 3 aromatic rings. The average Bonchev–Trinajstić information content (AvgIpc) is 3.02. The van der Waals surface area contributed by atoms with Crippen LogP contribution >= 0.6 is 0 Å². The van der Waals surface area contributed by atoms with Crippen LogP contribution in [-0.2, 0) is 24.2 Å². The highest BCUT2D eigenvalue weighted by Gasteiger charge is 2.38. The molecule has 31 heavy (non-hydrogen) atoms. The molecule has 2 aromatic carbocycles. The Morgan fingerprint density at radius 1 is 1.03 bits per heavy atom. The molecule has 4 N–H and O–H groups in total. The van der Waals surface area contributed by atoms with E-state index in [1.165, 1.54) is 0 Å². The zero-order valence-corrected chi connectivity index (χ0v) is 17.1. The number of nitrogens with two attached hydrogens (primary N) is 1. The summed E-state index contributed by atoms with van der Waals surface area (Å²) in [6.45, 7) is 1.96. The molecular weight excluding hydrogens is 394 g/mol. The Morgan fingerprint density at radius 3 is 2.55 bits per heavy atom. The van der Waals surface area contributed by atoms with Gasteiger partial charge in [-0.25, -0.2) is 4.79 Å². The molecule has 9 heteroatoms. The number of rotatable bonds is 7. The predicted octanol–water partition coefficient (Wildman–Crippen LogP) is 2.42. The van der Waals surface area contributed by atoms with Gasteiger partial charge in [0, 0.05) is 12.1 Å². The van der Waals surface area contributed by atoms with Crippen LogP contribution in [0.3, 0.4) is 0 Å². The molecule has 0 bridgehead atoms. The third-order valence-electron chi connectivity index (χ3n) is 5.03. The van der Waals surface area contributed by atoms with E-state index in [-0.39, 0.29) is 30.2 Å². The van der Waals surface area contributed by atoms with Crippen molar-refractivity contribution in [3.63, 3.8) is 0 Å². The second kappa shape index (κ2) is 8.78. The first-order chi connectivity index (χ1) is 15.0. The number of amides is 3. The number of hydrogen-bond donors (Lipinski definition) is 3. The Bertz CT molecular complexity index is 1100. The third kappa shape index (κ3) is 4.61. The molecule has 2 heterocycles. The van der Waals surface area contributed by atoms with Gasteiger partial charge < -0.3 is 16.4 Å². The maximum Gasteiger partial charge on any atom is 0.325 e. The van der Waals surface area contributed by atoms with Crippen LogP contribution in [-0.4, -0.2) is 37.8 Å². The highest BCUT2D eigenvalue weighted by atomic mass is 16.2. The second-order valence-corrected chi connectivity index (χ2v) is 7.19. The van der Waals surface area contributed by atoms with Crippen molar-refractivity contribution in [2.24, 2.45) is 0 Å². The van der Waals surface area contributed by atoms with Crippen molar-refractivity contribution in [2.45, 2.75) is 32.4 Å². The van der Waals surface area contributed by atoms with Crippen LogP contribution in [0.4, 0.5) is 22.4 Å². The lowest BCUT2D eigenvalue weighted by molar-refractivity contribution is -0.127. The quantitative estimate of drug-likeness (QED) is 0.504. The zero-order valence-electron chi connectivity index (χ0n) is 17.1. The van der Waals surface area contributed by atoms with Gasteiger partial charge in [-0.05, 0) is 23.6 Å². The van der Waals surface area contributed by atoms with Gasteiger partial charge in [0.05, 0.1) is 6.54 Å². The van der Waals surface area contributed by atoms with Crippen LogP contribution < -0.4 is 16.4 Å². The number of aryl methyl sites for hydroxylation is 1. The SMILES string of the molecule is CCc1ccccc1Nc1nc(N)nc(CN2C(=O)N[C@@H](Cc3ccccc3)C2=O)n1. The van der Waals surface area contributed by atoms with E-state index >= 15 is 0 Å². The number of para-hydroxylation sites is 1. The number of benzene rings is 2. The Morgan fingerprint density at radius 2 is 1.77 bits per heavy atom. The summed E-state index contributed by atoms with van der Waals surface area (Å²) < 4.78 is 0. The van der Waals surface area contributed by atoms with E-state index in [4.69, 9.17) is 5.73 Å². The molecule has 1 atom stereocenters. The summed E-state index contributed by atoms with van der Waals surface area (Å²) in [6, 6.07) is 16.2. The lowest BCUT2D eigenvalue weighted by atomic mass is 10.1. The van der Waals surface area contributed by atoms with Crippen LogP contribution in [0, 0.1) is 0 Å². The highest BCUT2D eigenvalue weighted by Crippen LogP contribution is 2.20. The van der Waals surface area contributed by atoms with E-state index in [0.29, 0.717) is 6.42 Å². The molecule has 0 radical (unpaired) electrons. The Kier molecular flexibility index (Phi) is 5.74. The van der Waals surface area contributed by atoms with Gasteiger partial charge in [0.2, 0.25) is 11.9 Å². The van der Waals surface area contributed by atoms with Gasteiger partial charge in [-0.1, -0.05) is 55.5 Å². The first kappa shape index (κ1) is 20.3. The van der Waals surface area contributed by atoms with E-state index in [9.17, 15) is 9.59 Å². The van der Waals surface area contributed by atoms with Gasteiger partial charge in [-0.3, -0.25) is 9.69 Å². The number of carbonyl (C=O) groups excluding carboxylic acids is 2. The van der Waals surface area contributed by atoms with E-state index in [0.717, 1.165) is 28.1 Å². The third-order valence-corrected chi connectivity index (χ3v) is 5.03. The molecule has 1 saturated heterocycles. The largest absolute Gasteiger partial charge is 0.368 e. The first-order valence-electron chi connectivity index (χ1n) is 10.0. The number of hydrogen-bond acceptors (Lipinski definition) is 7. The van der Waals surface area contributed by atoms with Crippen LogP contribution in [0.25, 0.3) is 0 Å². The van der Waals surface area contributed by atoms with Crippen molar-refractivity contribution >= 4 is 29.5 Å². The number of anilines is 3. The standard InChI is InChI=1S/C22H23N7O2/c1-2-15-10-6-7-11-16(15)24-21-27-18(26-20(23)28-21)13-29-19(30)17(25-22(29)31)12-14-8-4-3-5-9-14/h3-11,17H,2,12-13H2,1H3,(H,25,31)(H3,23,24,26,27,28)/t17-/m0/s1. The number of carbonyl (C=O) groups is 2. The van der Waals surface area contributed by atoms with Crippen molar-refractivity contribution in [1.82, 2.24) is 25.2 Å². The second-order valence-electron chi connectivity index (χ2n) is 7.19. The minimum atomic E-state index is -0.622. The maximum atomic E-state index is 12.8. The van der Waals surface area contributed by atoms with Crippen molar-refractivity contribution in [1.29, 1.82) is 0 Å². The minimum Gasteiger partial charge on any atom is -0.368 e. The fraction of sp³-hybridized carbons (Fsp3) is 0.227. The molecule has 0 spiro atoms. The van der Waals surface area contributed by atoms with E-state index < -0.39 is 12.1 Å². The number of nitrogen functional groups attached to an aromatic ring is 1. The summed E-state index contributed by atoms with van der Waals surface area (Å²) >= 11 is 0. The van der Waals surface area contributed by atoms with Crippen molar-refractivity contribution in [2.75, 3.05) is 11.1 Å². The van der Waals surface area contributed by atoms with Crippen LogP contribution in [0.1, 0.15) is 23.9 Å². The molecule has 1 fully saturated rings. The van der Waals surface area contributed by atoms with E-state index in [2.05, 4.69) is 32.5 Å². The van der Waals surface area contributed by atoms with Crippen LogP contribution in [0.5, 0.6) is 0 Å². The van der Waals surface area contributed by atoms with Crippen molar-refractivity contribution in [3.8, 4) is 0 Å². The van der Waals surface area contributed by atoms with Gasteiger partial charge in [0.25, 0.3) is 5.91 Å². The number of nitrogens with zero attached hydrogens (tertiary/aromatic N) is 4. The lowest BCUT2D eigenvalue weighted by Crippen LogP contribution is -2.32. The summed E-state index contributed by atoms with van der Waals surface area (Å²) in [5, 5.41) is 5.87. The van der Waals surface area contributed by atoms with Crippen LogP contribution in [0.2, 0.25) is 0 Å². The fourth-order valence-electron chi connectivity index (χ4n) is 3.49. The molecule has 0 aliphatic carbocycles. The summed E-state index contributed by atoms with van der Waals surface area (Å²) in [4.78, 5) is 38.9. The first-order valence-corrected chi connectivity index (χ1v) is 10.0. The summed E-state index contributed by atoms with van der Waals surface area (Å²) in [6.07, 6.45) is 1.25. The Balaban J connectivity index is 1.50. The predicted molar refractivity (Wildman–Crippen MR) is 116 cm³/mol. The number of urea groups is 1. The molecule has 0 saturated carbocycles. The average molecular weight is 417 g/mol. The van der Waals surface area contributed by atoms with Gasteiger partial charge in [0.1, 0.15) is 6.04 Å². The normalized spacial score (nSPS) is 15.8. The topological polar surface area (TPSA) is 126 Å². The van der Waals surface area contributed by atoms with Crippen molar-refractivity contribution in [3.05, 3.63) is 71.5 Å². The maximum absolute atomic E-state index is 12.8. The molecule has 1 aliphatic heterocycles. The lowest BCUT2D eigenvalue weighted by Gasteiger charge is -2.14. The monoisotopic (exact) mass is 417 g/mol. The van der Waals surface area contributed by atoms with E-state index in [1.807, 2.05) is 54.6 Å². The summed E-state index contributed by atoms with van der Waals surface area (Å²) in [7, 11) is 0.